The highest BCUT2D eigenvalue weighted by molar-refractivity contribution is 5.86. The Balaban J connectivity index is 2.68. The second-order valence-corrected chi connectivity index (χ2v) is 5.21. The van der Waals surface area contributed by atoms with Crippen molar-refractivity contribution in [3.63, 3.8) is 0 Å². The topological polar surface area (TPSA) is 154 Å². The Morgan fingerprint density at radius 2 is 1.19 bits per heavy atom. The Labute approximate surface area is 156 Å². The Kier molecular flexibility index (Phi) is 9.89. The fourth-order valence-electron chi connectivity index (χ4n) is 1.83. The molecule has 150 valence electrons. The Morgan fingerprint density at radius 1 is 0.741 bits per heavy atom. The van der Waals surface area contributed by atoms with Crippen molar-refractivity contribution in [2.75, 3.05) is 36.8 Å². The first-order chi connectivity index (χ1) is 13.0. The zero-order valence-electron chi connectivity index (χ0n) is 15.5. The maximum atomic E-state index is 11.8. The lowest BCUT2D eigenvalue weighted by atomic mass is 10.2. The number of anilines is 3. The van der Waals surface area contributed by atoms with E-state index in [0.717, 1.165) is 46.3 Å². The number of rotatable bonds is 9. The zero-order chi connectivity index (χ0) is 20.1. The molecule has 3 N–H and O–H groups in total. The first kappa shape index (κ1) is 21.9. The van der Waals surface area contributed by atoms with Crippen molar-refractivity contribution in [2.24, 2.45) is 0 Å². The lowest BCUT2D eigenvalue weighted by Gasteiger charge is -2.09. The molecule has 0 radical (unpaired) electrons. The number of hydrogen-bond acceptors (Lipinski definition) is 9. The van der Waals surface area contributed by atoms with Gasteiger partial charge in [-0.15, -0.1) is 0 Å². The van der Waals surface area contributed by atoms with Crippen molar-refractivity contribution in [2.45, 2.75) is 39.0 Å². The number of carbonyl (C=O) groups excluding carboxylic acids is 3. The van der Waals surface area contributed by atoms with Crippen molar-refractivity contribution >= 4 is 36.1 Å². The van der Waals surface area contributed by atoms with Crippen LogP contribution in [0.25, 0.3) is 0 Å². The van der Waals surface area contributed by atoms with E-state index >= 15 is 0 Å². The lowest BCUT2D eigenvalue weighted by Crippen LogP contribution is -2.21. The summed E-state index contributed by atoms with van der Waals surface area (Å²) in [5, 5.41) is 6.70. The normalized spacial score (nSPS) is 9.89. The Bertz CT molecular complexity index is 605. The monoisotopic (exact) mass is 384 g/mol. The van der Waals surface area contributed by atoms with E-state index in [1.165, 1.54) is 0 Å². The summed E-state index contributed by atoms with van der Waals surface area (Å²) in [5.41, 5.74) is 0. The minimum absolute atomic E-state index is 0.237. The molecule has 1 aromatic rings. The van der Waals surface area contributed by atoms with E-state index in [9.17, 15) is 14.4 Å². The maximum Gasteiger partial charge on any atom is 0.414 e. The molecule has 0 saturated heterocycles. The van der Waals surface area contributed by atoms with E-state index in [2.05, 4.69) is 47.3 Å². The van der Waals surface area contributed by atoms with E-state index < -0.39 is 18.3 Å². The van der Waals surface area contributed by atoms with Crippen LogP contribution in [0.3, 0.4) is 0 Å². The van der Waals surface area contributed by atoms with Crippen LogP contribution in [0.1, 0.15) is 39.0 Å². The fourth-order valence-corrected chi connectivity index (χ4v) is 1.83. The van der Waals surface area contributed by atoms with Gasteiger partial charge < -0.3 is 14.2 Å². The number of nitrogens with zero attached hydrogens (tertiary/aromatic N) is 3. The van der Waals surface area contributed by atoms with Crippen LogP contribution in [0.5, 0.6) is 0 Å². The first-order valence-corrected chi connectivity index (χ1v) is 8.38. The molecule has 1 rings (SSSR count). The molecule has 0 spiro atoms. The van der Waals surface area contributed by atoms with Crippen LogP contribution < -0.4 is 16.0 Å². The quantitative estimate of drug-likeness (QED) is 0.430. The largest absolute Gasteiger partial charge is 0.453 e. The highest BCUT2D eigenvalue weighted by Crippen LogP contribution is 2.11. The third-order valence-corrected chi connectivity index (χ3v) is 3.13. The van der Waals surface area contributed by atoms with Crippen LogP contribution in [-0.2, 0) is 14.2 Å². The predicted molar refractivity (Wildman–Crippen MR) is 95.6 cm³/mol. The maximum absolute atomic E-state index is 11.8. The molecule has 27 heavy (non-hydrogen) atoms. The van der Waals surface area contributed by atoms with Gasteiger partial charge in [0.1, 0.15) is 0 Å². The van der Waals surface area contributed by atoms with Gasteiger partial charge in [-0.2, -0.15) is 15.0 Å². The van der Waals surface area contributed by atoms with E-state index in [1.807, 2.05) is 0 Å². The lowest BCUT2D eigenvalue weighted by molar-refractivity contribution is 0.159. The summed E-state index contributed by atoms with van der Waals surface area (Å²) >= 11 is 0. The standard InChI is InChI=1S/C15H24N6O6/c1-4-5-6-7-8-9-27-15(24)21-12-17-10(19-13(22)25-2)16-11(18-12)20-14(23)26-3/h4-9H2,1-3H3,(H3,16,17,18,19,20,21,22,23,24). The zero-order valence-corrected chi connectivity index (χ0v) is 15.5. The molecule has 0 aliphatic heterocycles. The number of aromatic nitrogens is 3. The molecule has 3 amide bonds. The van der Waals surface area contributed by atoms with Gasteiger partial charge in [0.25, 0.3) is 0 Å². The second-order valence-electron chi connectivity index (χ2n) is 5.21. The molecule has 0 unspecified atom stereocenters. The van der Waals surface area contributed by atoms with E-state index in [4.69, 9.17) is 4.74 Å². The van der Waals surface area contributed by atoms with Crippen LogP contribution in [0.2, 0.25) is 0 Å². The summed E-state index contributed by atoms with van der Waals surface area (Å²) in [6, 6.07) is 0. The third-order valence-electron chi connectivity index (χ3n) is 3.13. The molecule has 12 heteroatoms. The van der Waals surface area contributed by atoms with E-state index in [0.29, 0.717) is 0 Å². The molecule has 1 aromatic heterocycles. The Morgan fingerprint density at radius 3 is 1.63 bits per heavy atom. The summed E-state index contributed by atoms with van der Waals surface area (Å²) in [5.74, 6) is -0.741. The smallest absolute Gasteiger partial charge is 0.414 e. The average Bonchev–Trinajstić information content (AvgIpc) is 2.64. The van der Waals surface area contributed by atoms with Gasteiger partial charge in [0.2, 0.25) is 17.8 Å². The molecule has 0 saturated carbocycles. The van der Waals surface area contributed by atoms with Gasteiger partial charge >= 0.3 is 18.3 Å². The van der Waals surface area contributed by atoms with Crippen LogP contribution >= 0.6 is 0 Å². The molecular formula is C15H24N6O6. The number of unbranched alkanes of at least 4 members (excludes halogenated alkanes) is 4. The molecule has 0 aromatic carbocycles. The highest BCUT2D eigenvalue weighted by Gasteiger charge is 2.14. The number of ether oxygens (including phenoxy) is 3. The second kappa shape index (κ2) is 12.2. The molecule has 0 aliphatic rings. The number of hydrogen-bond donors (Lipinski definition) is 3. The summed E-state index contributed by atoms with van der Waals surface area (Å²) in [6.07, 6.45) is 2.61. The van der Waals surface area contributed by atoms with Crippen LogP contribution in [0.4, 0.5) is 32.2 Å². The van der Waals surface area contributed by atoms with Crippen molar-refractivity contribution in [1.82, 2.24) is 15.0 Å². The van der Waals surface area contributed by atoms with Crippen LogP contribution in [0, 0.1) is 0 Å². The van der Waals surface area contributed by atoms with Gasteiger partial charge in [-0.1, -0.05) is 32.6 Å². The summed E-state index contributed by atoms with van der Waals surface area (Å²) in [4.78, 5) is 45.8. The molecule has 1 heterocycles. The summed E-state index contributed by atoms with van der Waals surface area (Å²) in [6.45, 7) is 2.37. The van der Waals surface area contributed by atoms with Gasteiger partial charge in [0, 0.05) is 0 Å². The van der Waals surface area contributed by atoms with Gasteiger partial charge in [-0.3, -0.25) is 16.0 Å². The van der Waals surface area contributed by atoms with Crippen molar-refractivity contribution in [3.8, 4) is 0 Å². The van der Waals surface area contributed by atoms with Gasteiger partial charge in [-0.25, -0.2) is 14.4 Å². The van der Waals surface area contributed by atoms with E-state index in [1.54, 1.807) is 0 Å². The highest BCUT2D eigenvalue weighted by atomic mass is 16.6. The molecule has 0 bridgehead atoms. The summed E-state index contributed by atoms with van der Waals surface area (Å²) in [7, 11) is 2.31. The molecule has 0 fully saturated rings. The van der Waals surface area contributed by atoms with Gasteiger partial charge in [0.15, 0.2) is 0 Å². The fraction of sp³-hybridized carbons (Fsp3) is 0.600. The first-order valence-electron chi connectivity index (χ1n) is 8.38. The number of amides is 3. The third kappa shape index (κ3) is 9.18. The molecular weight excluding hydrogens is 360 g/mol. The molecule has 12 nitrogen and oxygen atoms in total. The minimum Gasteiger partial charge on any atom is -0.453 e. The van der Waals surface area contributed by atoms with Gasteiger partial charge in [0.05, 0.1) is 20.8 Å². The molecule has 0 aliphatic carbocycles. The van der Waals surface area contributed by atoms with Crippen molar-refractivity contribution in [1.29, 1.82) is 0 Å². The van der Waals surface area contributed by atoms with Crippen LogP contribution in [0.15, 0.2) is 0 Å². The minimum atomic E-state index is -0.842. The number of carbonyl (C=O) groups is 3. The summed E-state index contributed by atoms with van der Waals surface area (Å²) < 4.78 is 13.9. The van der Waals surface area contributed by atoms with E-state index in [-0.39, 0.29) is 24.5 Å². The average molecular weight is 384 g/mol. The van der Waals surface area contributed by atoms with Crippen LogP contribution in [-0.4, -0.2) is 54.1 Å². The molecule has 0 atom stereocenters. The van der Waals surface area contributed by atoms with Crippen molar-refractivity contribution in [3.05, 3.63) is 0 Å². The predicted octanol–water partition coefficient (Wildman–Crippen LogP) is 2.75. The number of methoxy groups -OCH3 is 2. The SMILES string of the molecule is CCCCCCCOC(=O)Nc1nc(NC(=O)OC)nc(NC(=O)OC)n1. The number of nitrogens with one attached hydrogen (secondary N) is 3. The Hall–Kier alpha value is -3.18. The van der Waals surface area contributed by atoms with Gasteiger partial charge in [-0.05, 0) is 6.42 Å². The van der Waals surface area contributed by atoms with Crippen molar-refractivity contribution < 1.29 is 28.6 Å².